The van der Waals surface area contributed by atoms with Gasteiger partial charge in [0.2, 0.25) is 0 Å². The van der Waals surface area contributed by atoms with Crippen LogP contribution in [0, 0.1) is 12.7 Å². The minimum Gasteiger partial charge on any atom is -0.507 e. The number of carbonyl (C=O) groups is 2. The lowest BCUT2D eigenvalue weighted by atomic mass is 9.94. The highest BCUT2D eigenvalue weighted by Crippen LogP contribution is 2.42. The molecule has 1 amide bonds. The number of aryl methyl sites for hydroxylation is 1. The van der Waals surface area contributed by atoms with Crippen molar-refractivity contribution < 1.29 is 19.1 Å². The van der Waals surface area contributed by atoms with Crippen LogP contribution in [-0.2, 0) is 9.59 Å². The molecule has 0 aromatic heterocycles. The fourth-order valence-corrected chi connectivity index (χ4v) is 3.59. The van der Waals surface area contributed by atoms with Gasteiger partial charge in [-0.3, -0.25) is 14.5 Å². The minimum atomic E-state index is -0.788. The maximum atomic E-state index is 13.7. The fraction of sp³-hybridized carbons (Fsp3) is 0.0833. The summed E-state index contributed by atoms with van der Waals surface area (Å²) in [7, 11) is 0. The number of halogens is 1. The number of rotatable bonds is 3. The molecule has 1 aliphatic heterocycles. The predicted molar refractivity (Wildman–Crippen MR) is 109 cm³/mol. The number of Topliss-reactive ketones (excluding diaryl/α,β-unsaturated/α-hetero) is 1. The first-order valence-electron chi connectivity index (χ1n) is 9.16. The lowest BCUT2D eigenvalue weighted by Gasteiger charge is -2.25. The van der Waals surface area contributed by atoms with Crippen LogP contribution in [0.25, 0.3) is 5.76 Å². The summed E-state index contributed by atoms with van der Waals surface area (Å²) in [5.74, 6) is -2.22. The Morgan fingerprint density at radius 2 is 1.55 bits per heavy atom. The van der Waals surface area contributed by atoms with Crippen LogP contribution in [0.15, 0.2) is 84.4 Å². The first-order chi connectivity index (χ1) is 14.0. The average molecular weight is 387 g/mol. The van der Waals surface area contributed by atoms with E-state index < -0.39 is 23.5 Å². The Morgan fingerprint density at radius 1 is 0.931 bits per heavy atom. The Morgan fingerprint density at radius 3 is 2.17 bits per heavy atom. The van der Waals surface area contributed by atoms with Crippen molar-refractivity contribution in [1.82, 2.24) is 0 Å². The number of aliphatic hydroxyl groups excluding tert-OH is 1. The van der Waals surface area contributed by atoms with Crippen molar-refractivity contribution in [2.75, 3.05) is 4.90 Å². The normalized spacial score (nSPS) is 18.3. The third kappa shape index (κ3) is 3.21. The van der Waals surface area contributed by atoms with Gasteiger partial charge in [-0.05, 0) is 48.4 Å². The topological polar surface area (TPSA) is 57.6 Å². The molecule has 1 fully saturated rings. The van der Waals surface area contributed by atoms with Gasteiger partial charge < -0.3 is 5.11 Å². The Hall–Kier alpha value is -3.73. The van der Waals surface area contributed by atoms with Crippen LogP contribution in [0.4, 0.5) is 10.1 Å². The van der Waals surface area contributed by atoms with Crippen LogP contribution in [0.3, 0.4) is 0 Å². The first kappa shape index (κ1) is 18.6. The van der Waals surface area contributed by atoms with E-state index in [1.165, 1.54) is 23.1 Å². The second kappa shape index (κ2) is 7.36. The number of benzene rings is 3. The molecule has 0 bridgehead atoms. The summed E-state index contributed by atoms with van der Waals surface area (Å²) in [6, 6.07) is 21.2. The van der Waals surface area contributed by atoms with Gasteiger partial charge in [-0.25, -0.2) is 4.39 Å². The number of hydrogen-bond donors (Lipinski definition) is 1. The predicted octanol–water partition coefficient (Wildman–Crippen LogP) is 4.76. The summed E-state index contributed by atoms with van der Waals surface area (Å²) < 4.78 is 13.7. The standard InChI is InChI=1S/C24H18FNO3/c1-15-14-17(12-13-19(15)25)22(27)20-21(16-8-4-2-5-9-16)26(24(29)23(20)28)18-10-6-3-7-11-18/h2-14,21,27H,1H3/b22-20-. The maximum absolute atomic E-state index is 13.7. The summed E-state index contributed by atoms with van der Waals surface area (Å²) in [5, 5.41) is 11.0. The quantitative estimate of drug-likeness (QED) is 0.400. The molecule has 0 aliphatic carbocycles. The molecule has 3 aromatic rings. The van der Waals surface area contributed by atoms with Crippen molar-refractivity contribution in [2.45, 2.75) is 13.0 Å². The monoisotopic (exact) mass is 387 g/mol. The average Bonchev–Trinajstić information content (AvgIpc) is 3.01. The summed E-state index contributed by atoms with van der Waals surface area (Å²) >= 11 is 0. The molecule has 0 spiro atoms. The Bertz CT molecular complexity index is 1120. The van der Waals surface area contributed by atoms with Crippen LogP contribution < -0.4 is 4.90 Å². The Kier molecular flexibility index (Phi) is 4.72. The number of carbonyl (C=O) groups excluding carboxylic acids is 2. The molecule has 144 valence electrons. The largest absolute Gasteiger partial charge is 0.507 e. The second-order valence-corrected chi connectivity index (χ2v) is 6.88. The smallest absolute Gasteiger partial charge is 0.300 e. The third-order valence-corrected chi connectivity index (χ3v) is 5.03. The molecule has 1 heterocycles. The molecule has 4 nitrogen and oxygen atoms in total. The summed E-state index contributed by atoms with van der Waals surface area (Å²) in [5.41, 5.74) is 1.85. The van der Waals surface area contributed by atoms with Gasteiger partial charge in [-0.1, -0.05) is 48.5 Å². The van der Waals surface area contributed by atoms with E-state index in [9.17, 15) is 19.1 Å². The van der Waals surface area contributed by atoms with E-state index in [1.807, 2.05) is 24.3 Å². The number of nitrogens with zero attached hydrogens (tertiary/aromatic N) is 1. The van der Waals surface area contributed by atoms with Gasteiger partial charge >= 0.3 is 0 Å². The maximum Gasteiger partial charge on any atom is 0.300 e. The fourth-order valence-electron chi connectivity index (χ4n) is 3.59. The number of anilines is 1. The van der Waals surface area contributed by atoms with Gasteiger partial charge in [0, 0.05) is 11.3 Å². The van der Waals surface area contributed by atoms with E-state index in [0.717, 1.165) is 0 Å². The zero-order valence-electron chi connectivity index (χ0n) is 15.7. The van der Waals surface area contributed by atoms with Gasteiger partial charge in [-0.2, -0.15) is 0 Å². The first-order valence-corrected chi connectivity index (χ1v) is 9.16. The van der Waals surface area contributed by atoms with Crippen LogP contribution in [0.2, 0.25) is 0 Å². The van der Waals surface area contributed by atoms with Crippen LogP contribution >= 0.6 is 0 Å². The van der Waals surface area contributed by atoms with Gasteiger partial charge in [0.1, 0.15) is 11.6 Å². The molecule has 0 saturated carbocycles. The van der Waals surface area contributed by atoms with E-state index in [4.69, 9.17) is 0 Å². The molecule has 1 N–H and O–H groups in total. The molecular formula is C24H18FNO3. The number of para-hydroxylation sites is 1. The molecule has 0 radical (unpaired) electrons. The Balaban J connectivity index is 1.95. The number of hydrogen-bond acceptors (Lipinski definition) is 3. The summed E-state index contributed by atoms with van der Waals surface area (Å²) in [6.45, 7) is 1.57. The van der Waals surface area contributed by atoms with Crippen molar-refractivity contribution in [3.05, 3.63) is 107 Å². The SMILES string of the molecule is Cc1cc(/C(O)=C2/C(=O)C(=O)N(c3ccccc3)C2c2ccccc2)ccc1F. The lowest BCUT2D eigenvalue weighted by molar-refractivity contribution is -0.132. The van der Waals surface area contributed by atoms with Gasteiger partial charge in [0.25, 0.3) is 11.7 Å². The zero-order valence-corrected chi connectivity index (χ0v) is 15.7. The highest BCUT2D eigenvalue weighted by molar-refractivity contribution is 6.51. The highest BCUT2D eigenvalue weighted by atomic mass is 19.1. The molecule has 5 heteroatoms. The minimum absolute atomic E-state index is 0.0175. The number of ketones is 1. The van der Waals surface area contributed by atoms with Crippen LogP contribution in [-0.4, -0.2) is 16.8 Å². The molecule has 3 aromatic carbocycles. The molecule has 29 heavy (non-hydrogen) atoms. The van der Waals surface area contributed by atoms with Crippen molar-refractivity contribution in [2.24, 2.45) is 0 Å². The Labute approximate surface area is 167 Å². The highest BCUT2D eigenvalue weighted by Gasteiger charge is 2.46. The lowest BCUT2D eigenvalue weighted by Crippen LogP contribution is -2.29. The van der Waals surface area contributed by atoms with E-state index in [0.29, 0.717) is 16.8 Å². The molecule has 1 saturated heterocycles. The van der Waals surface area contributed by atoms with Crippen molar-refractivity contribution >= 4 is 23.1 Å². The van der Waals surface area contributed by atoms with E-state index in [1.54, 1.807) is 43.3 Å². The molecule has 1 atom stereocenters. The molecule has 1 aliphatic rings. The van der Waals surface area contributed by atoms with E-state index in [-0.39, 0.29) is 16.9 Å². The molecule has 1 unspecified atom stereocenters. The van der Waals surface area contributed by atoms with Crippen LogP contribution in [0.1, 0.15) is 22.7 Å². The van der Waals surface area contributed by atoms with E-state index >= 15 is 0 Å². The van der Waals surface area contributed by atoms with Crippen LogP contribution in [0.5, 0.6) is 0 Å². The second-order valence-electron chi connectivity index (χ2n) is 6.88. The zero-order chi connectivity index (χ0) is 20.5. The number of amides is 1. The van der Waals surface area contributed by atoms with Gasteiger partial charge in [0.05, 0.1) is 11.6 Å². The summed E-state index contributed by atoms with van der Waals surface area (Å²) in [6.07, 6.45) is 0. The van der Waals surface area contributed by atoms with Gasteiger partial charge in [0.15, 0.2) is 0 Å². The third-order valence-electron chi connectivity index (χ3n) is 5.03. The molecule has 4 rings (SSSR count). The van der Waals surface area contributed by atoms with E-state index in [2.05, 4.69) is 0 Å². The van der Waals surface area contributed by atoms with Gasteiger partial charge in [-0.15, -0.1) is 0 Å². The number of aliphatic hydroxyl groups is 1. The van der Waals surface area contributed by atoms with Crippen molar-refractivity contribution in [1.29, 1.82) is 0 Å². The molecular weight excluding hydrogens is 369 g/mol. The van der Waals surface area contributed by atoms with Crippen molar-refractivity contribution in [3.63, 3.8) is 0 Å². The van der Waals surface area contributed by atoms with Crippen molar-refractivity contribution in [3.8, 4) is 0 Å². The summed E-state index contributed by atoms with van der Waals surface area (Å²) in [4.78, 5) is 27.3.